The van der Waals surface area contributed by atoms with Gasteiger partial charge in [0.1, 0.15) is 17.2 Å². The first-order valence-corrected chi connectivity index (χ1v) is 9.47. The lowest BCUT2D eigenvalue weighted by atomic mass is 10.1. The summed E-state index contributed by atoms with van der Waals surface area (Å²) in [6.45, 7) is 0.403. The number of amides is 1. The highest BCUT2D eigenvalue weighted by molar-refractivity contribution is 6.37. The van der Waals surface area contributed by atoms with Crippen molar-refractivity contribution in [3.05, 3.63) is 52.1 Å². The maximum atomic E-state index is 11.8. The van der Waals surface area contributed by atoms with Gasteiger partial charge in [-0.2, -0.15) is 0 Å². The zero-order chi connectivity index (χ0) is 21.0. The molecule has 152 valence electrons. The average molecular weight is 436 g/mol. The molecule has 0 aliphatic carbocycles. The number of pyridine rings is 1. The molecule has 0 unspecified atom stereocenters. The van der Waals surface area contributed by atoms with Crippen LogP contribution in [0.4, 0.5) is 11.4 Å². The van der Waals surface area contributed by atoms with Crippen molar-refractivity contribution in [1.82, 2.24) is 4.98 Å². The summed E-state index contributed by atoms with van der Waals surface area (Å²) < 4.78 is 10.8. The van der Waals surface area contributed by atoms with Gasteiger partial charge in [-0.15, -0.1) is 0 Å². The highest BCUT2D eigenvalue weighted by Crippen LogP contribution is 2.37. The van der Waals surface area contributed by atoms with Crippen LogP contribution in [0.2, 0.25) is 10.0 Å². The van der Waals surface area contributed by atoms with Gasteiger partial charge in [0.25, 0.3) is 5.91 Å². The minimum Gasteiger partial charge on any atom is -0.495 e. The molecule has 4 N–H and O–H groups in total. The number of aromatic nitrogens is 1. The van der Waals surface area contributed by atoms with Crippen molar-refractivity contribution < 1.29 is 19.4 Å². The molecule has 0 spiro atoms. The lowest BCUT2D eigenvalue weighted by Gasteiger charge is -2.15. The number of primary amides is 1. The van der Waals surface area contributed by atoms with Crippen molar-refractivity contribution in [2.24, 2.45) is 5.73 Å². The number of carbonyl (C=O) groups excluding carboxylic acids is 1. The van der Waals surface area contributed by atoms with E-state index in [1.165, 1.54) is 7.11 Å². The number of ether oxygens (including phenoxy) is 2. The standard InChI is InChI=1S/C20H19Cl2N3O4/c1-28-19-10-17(13(21)8-14(19)22)24-16-9-18(20(23)27)25-15-7-11(3-4-12(15)16)29-6-2-5-26/h3-4,7-10,26H,2,5-6H2,1H3,(H2,23,27)(H,24,25). The quantitative estimate of drug-likeness (QED) is 0.458. The average Bonchev–Trinajstić information content (AvgIpc) is 2.69. The number of hydrogen-bond acceptors (Lipinski definition) is 6. The van der Waals surface area contributed by atoms with Crippen molar-refractivity contribution >= 4 is 51.4 Å². The SMILES string of the molecule is COc1cc(Nc2cc(C(N)=O)nc3cc(OCCCO)ccc23)c(Cl)cc1Cl. The molecule has 2 aromatic carbocycles. The highest BCUT2D eigenvalue weighted by Gasteiger charge is 2.14. The fourth-order valence-electron chi connectivity index (χ4n) is 2.71. The molecule has 3 aromatic rings. The van der Waals surface area contributed by atoms with Gasteiger partial charge in [0.15, 0.2) is 0 Å². The predicted octanol–water partition coefficient (Wildman–Crippen LogP) is 4.15. The summed E-state index contributed by atoms with van der Waals surface area (Å²) in [7, 11) is 1.50. The van der Waals surface area contributed by atoms with Crippen LogP contribution >= 0.6 is 23.2 Å². The first kappa shape index (κ1) is 21.0. The molecule has 3 rings (SSSR count). The van der Waals surface area contributed by atoms with Gasteiger partial charge < -0.3 is 25.6 Å². The van der Waals surface area contributed by atoms with Crippen molar-refractivity contribution in [3.63, 3.8) is 0 Å². The van der Waals surface area contributed by atoms with Crippen LogP contribution in [0.3, 0.4) is 0 Å². The fraction of sp³-hybridized carbons (Fsp3) is 0.200. The zero-order valence-electron chi connectivity index (χ0n) is 15.5. The first-order valence-electron chi connectivity index (χ1n) is 8.71. The first-order chi connectivity index (χ1) is 13.9. The van der Waals surface area contributed by atoms with E-state index in [2.05, 4.69) is 10.3 Å². The molecule has 1 heterocycles. The van der Waals surface area contributed by atoms with E-state index in [0.717, 1.165) is 5.39 Å². The number of fused-ring (bicyclic) bond motifs is 1. The van der Waals surface area contributed by atoms with E-state index in [9.17, 15) is 4.79 Å². The van der Waals surface area contributed by atoms with Crippen LogP contribution in [0.15, 0.2) is 36.4 Å². The number of nitrogens with two attached hydrogens (primary N) is 1. The van der Waals surface area contributed by atoms with Gasteiger partial charge in [-0.1, -0.05) is 23.2 Å². The van der Waals surface area contributed by atoms with E-state index in [1.54, 1.807) is 30.3 Å². The molecule has 0 bridgehead atoms. The summed E-state index contributed by atoms with van der Waals surface area (Å²) in [5.74, 6) is 0.352. The third-order valence-electron chi connectivity index (χ3n) is 4.12. The Balaban J connectivity index is 2.05. The van der Waals surface area contributed by atoms with Crippen molar-refractivity contribution in [3.8, 4) is 11.5 Å². The number of nitrogens with one attached hydrogen (secondary N) is 1. The van der Waals surface area contributed by atoms with Gasteiger partial charge >= 0.3 is 0 Å². The molecule has 29 heavy (non-hydrogen) atoms. The molecule has 0 aliphatic rings. The number of benzene rings is 2. The largest absolute Gasteiger partial charge is 0.495 e. The lowest BCUT2D eigenvalue weighted by Crippen LogP contribution is -2.13. The van der Waals surface area contributed by atoms with Gasteiger partial charge in [0.2, 0.25) is 0 Å². The fourth-order valence-corrected chi connectivity index (χ4v) is 3.22. The van der Waals surface area contributed by atoms with Crippen LogP contribution in [0.25, 0.3) is 10.9 Å². The van der Waals surface area contributed by atoms with Gasteiger partial charge in [0, 0.05) is 30.5 Å². The Hall–Kier alpha value is -2.74. The van der Waals surface area contributed by atoms with Gasteiger partial charge in [-0.05, 0) is 24.3 Å². The number of anilines is 2. The molecule has 9 heteroatoms. The van der Waals surface area contributed by atoms with E-state index in [4.69, 9.17) is 43.5 Å². The second-order valence-electron chi connectivity index (χ2n) is 6.12. The maximum Gasteiger partial charge on any atom is 0.267 e. The van der Waals surface area contributed by atoms with Crippen LogP contribution in [0.5, 0.6) is 11.5 Å². The van der Waals surface area contributed by atoms with Crippen LogP contribution in [0.1, 0.15) is 16.9 Å². The topological polar surface area (TPSA) is 107 Å². The summed E-state index contributed by atoms with van der Waals surface area (Å²) in [4.78, 5) is 16.1. The molecular formula is C20H19Cl2N3O4. The summed E-state index contributed by atoms with van der Waals surface area (Å²) in [6.07, 6.45) is 0.510. The number of aliphatic hydroxyl groups is 1. The van der Waals surface area contributed by atoms with Gasteiger partial charge in [-0.25, -0.2) is 4.98 Å². The van der Waals surface area contributed by atoms with Crippen LogP contribution in [0, 0.1) is 0 Å². The Bertz CT molecular complexity index is 1060. The Morgan fingerprint density at radius 3 is 2.66 bits per heavy atom. The molecule has 1 amide bonds. The van der Waals surface area contributed by atoms with E-state index in [0.29, 0.717) is 51.5 Å². The number of rotatable bonds is 8. The lowest BCUT2D eigenvalue weighted by molar-refractivity contribution is 0.0996. The van der Waals surface area contributed by atoms with Crippen LogP contribution < -0.4 is 20.5 Å². The van der Waals surface area contributed by atoms with E-state index >= 15 is 0 Å². The van der Waals surface area contributed by atoms with Crippen LogP contribution in [-0.4, -0.2) is 36.3 Å². The number of methoxy groups -OCH3 is 1. The number of nitrogens with zero attached hydrogens (tertiary/aromatic N) is 1. The molecule has 7 nitrogen and oxygen atoms in total. The molecule has 0 saturated heterocycles. The van der Waals surface area contributed by atoms with E-state index in [1.807, 2.05) is 6.07 Å². The molecule has 0 radical (unpaired) electrons. The Kier molecular flexibility index (Phi) is 6.64. The summed E-state index contributed by atoms with van der Waals surface area (Å²) in [6, 6.07) is 10.1. The maximum absolute atomic E-state index is 11.8. The van der Waals surface area contributed by atoms with Crippen molar-refractivity contribution in [2.45, 2.75) is 6.42 Å². The van der Waals surface area contributed by atoms with E-state index in [-0.39, 0.29) is 12.3 Å². The number of hydrogen-bond donors (Lipinski definition) is 3. The molecule has 0 aliphatic heterocycles. The third-order valence-corrected chi connectivity index (χ3v) is 4.72. The Labute approximate surface area is 177 Å². The molecule has 0 fully saturated rings. The summed E-state index contributed by atoms with van der Waals surface area (Å²) in [5.41, 5.74) is 7.17. The number of carbonyl (C=O) groups is 1. The van der Waals surface area contributed by atoms with Crippen LogP contribution in [-0.2, 0) is 0 Å². The number of aliphatic hydroxyl groups excluding tert-OH is 1. The normalized spacial score (nSPS) is 10.8. The van der Waals surface area contributed by atoms with Gasteiger partial charge in [0.05, 0.1) is 40.7 Å². The molecule has 0 atom stereocenters. The second kappa shape index (κ2) is 9.17. The Morgan fingerprint density at radius 1 is 1.17 bits per heavy atom. The highest BCUT2D eigenvalue weighted by atomic mass is 35.5. The smallest absolute Gasteiger partial charge is 0.267 e. The third kappa shape index (κ3) is 4.82. The van der Waals surface area contributed by atoms with E-state index < -0.39 is 5.91 Å². The zero-order valence-corrected chi connectivity index (χ0v) is 17.0. The number of halogens is 2. The minimum absolute atomic E-state index is 0.0387. The molecule has 0 saturated carbocycles. The monoisotopic (exact) mass is 435 g/mol. The minimum atomic E-state index is -0.665. The van der Waals surface area contributed by atoms with Crippen molar-refractivity contribution in [1.29, 1.82) is 0 Å². The second-order valence-corrected chi connectivity index (χ2v) is 6.93. The molecule has 1 aromatic heterocycles. The summed E-state index contributed by atoms with van der Waals surface area (Å²) in [5, 5.41) is 13.6. The summed E-state index contributed by atoms with van der Waals surface area (Å²) >= 11 is 12.4. The molecular weight excluding hydrogens is 417 g/mol. The predicted molar refractivity (Wildman–Crippen MR) is 114 cm³/mol. The Morgan fingerprint density at radius 2 is 1.97 bits per heavy atom. The van der Waals surface area contributed by atoms with Gasteiger partial charge in [-0.3, -0.25) is 4.79 Å². The van der Waals surface area contributed by atoms with Crippen molar-refractivity contribution in [2.75, 3.05) is 25.6 Å².